The number of amides is 2. The summed E-state index contributed by atoms with van der Waals surface area (Å²) in [7, 11) is 0. The number of aromatic nitrogens is 1. The number of anilines is 2. The van der Waals surface area contributed by atoms with E-state index in [9.17, 15) is 18.4 Å². The molecule has 0 spiro atoms. The Labute approximate surface area is 145 Å². The molecular weight excluding hydrogens is 348 g/mol. The molecule has 8 heteroatoms. The number of hydrogen-bond donors (Lipinski definition) is 2. The zero-order valence-corrected chi connectivity index (χ0v) is 13.4. The van der Waals surface area contributed by atoms with Crippen molar-refractivity contribution in [1.82, 2.24) is 4.98 Å². The van der Waals surface area contributed by atoms with E-state index in [2.05, 4.69) is 15.6 Å². The fourth-order valence-corrected chi connectivity index (χ4v) is 2.65. The Balaban J connectivity index is 1.67. The Morgan fingerprint density at radius 3 is 2.40 bits per heavy atom. The van der Waals surface area contributed by atoms with Gasteiger partial charge in [0.15, 0.2) is 16.8 Å². The lowest BCUT2D eigenvalue weighted by Gasteiger charge is -2.03. The van der Waals surface area contributed by atoms with Gasteiger partial charge in [-0.15, -0.1) is 11.3 Å². The van der Waals surface area contributed by atoms with Crippen LogP contribution < -0.4 is 10.6 Å². The topological polar surface area (TPSA) is 71.1 Å². The number of benzene rings is 2. The van der Waals surface area contributed by atoms with Crippen LogP contribution in [0.25, 0.3) is 0 Å². The molecule has 0 bridgehead atoms. The average Bonchev–Trinajstić information content (AvgIpc) is 3.07. The monoisotopic (exact) mass is 359 g/mol. The number of carbonyl (C=O) groups is 2. The molecule has 0 aliphatic rings. The maximum atomic E-state index is 13.2. The lowest BCUT2D eigenvalue weighted by atomic mass is 10.2. The highest BCUT2D eigenvalue weighted by atomic mass is 32.1. The highest BCUT2D eigenvalue weighted by Gasteiger charge is 2.14. The molecule has 0 radical (unpaired) electrons. The zero-order chi connectivity index (χ0) is 17.8. The van der Waals surface area contributed by atoms with E-state index in [0.717, 1.165) is 23.5 Å². The third kappa shape index (κ3) is 4.04. The van der Waals surface area contributed by atoms with Crippen molar-refractivity contribution in [2.45, 2.75) is 0 Å². The van der Waals surface area contributed by atoms with Gasteiger partial charge in [-0.1, -0.05) is 18.2 Å². The molecule has 0 saturated heterocycles. The lowest BCUT2D eigenvalue weighted by molar-refractivity contribution is 0.101. The van der Waals surface area contributed by atoms with Gasteiger partial charge in [-0.05, 0) is 24.3 Å². The van der Waals surface area contributed by atoms with Crippen LogP contribution in [0.1, 0.15) is 20.8 Å². The average molecular weight is 359 g/mol. The van der Waals surface area contributed by atoms with Crippen molar-refractivity contribution in [3.05, 3.63) is 76.8 Å². The molecule has 25 heavy (non-hydrogen) atoms. The minimum absolute atomic E-state index is 0.0538. The van der Waals surface area contributed by atoms with E-state index in [1.807, 2.05) is 0 Å². The van der Waals surface area contributed by atoms with Crippen molar-refractivity contribution in [3.8, 4) is 0 Å². The number of carbonyl (C=O) groups excluding carboxylic acids is 2. The van der Waals surface area contributed by atoms with Crippen LogP contribution in [0.3, 0.4) is 0 Å². The predicted octanol–water partition coefficient (Wildman–Crippen LogP) is 3.93. The van der Waals surface area contributed by atoms with Gasteiger partial charge in [0.1, 0.15) is 5.69 Å². The molecule has 0 unspecified atom stereocenters. The van der Waals surface area contributed by atoms with E-state index in [1.165, 1.54) is 11.4 Å². The molecule has 0 aliphatic carbocycles. The summed E-state index contributed by atoms with van der Waals surface area (Å²) in [6, 6.07) is 11.6. The van der Waals surface area contributed by atoms with Gasteiger partial charge in [-0.2, -0.15) is 0 Å². The smallest absolute Gasteiger partial charge is 0.275 e. The number of nitrogens with one attached hydrogen (secondary N) is 2. The first-order chi connectivity index (χ1) is 12.0. The molecule has 2 N–H and O–H groups in total. The number of thiazole rings is 1. The quantitative estimate of drug-likeness (QED) is 0.742. The van der Waals surface area contributed by atoms with Crippen molar-refractivity contribution >= 4 is 34.0 Å². The lowest BCUT2D eigenvalue weighted by Crippen LogP contribution is -2.14. The van der Waals surface area contributed by atoms with Crippen LogP contribution in [0.4, 0.5) is 19.6 Å². The van der Waals surface area contributed by atoms with E-state index in [4.69, 9.17) is 0 Å². The minimum Gasteiger partial charge on any atom is -0.321 e. The van der Waals surface area contributed by atoms with Crippen LogP contribution >= 0.6 is 11.3 Å². The van der Waals surface area contributed by atoms with Gasteiger partial charge in [0, 0.05) is 22.7 Å². The Morgan fingerprint density at radius 1 is 0.920 bits per heavy atom. The molecule has 1 aromatic heterocycles. The summed E-state index contributed by atoms with van der Waals surface area (Å²) >= 11 is 1.08. The van der Waals surface area contributed by atoms with Crippen LogP contribution in [0.15, 0.2) is 53.9 Å². The van der Waals surface area contributed by atoms with Crippen LogP contribution in [-0.4, -0.2) is 16.8 Å². The molecule has 0 aliphatic heterocycles. The van der Waals surface area contributed by atoms with Gasteiger partial charge in [0.2, 0.25) is 0 Å². The molecule has 2 aromatic carbocycles. The van der Waals surface area contributed by atoms with Gasteiger partial charge < -0.3 is 5.32 Å². The Hall–Kier alpha value is -3.13. The van der Waals surface area contributed by atoms with Crippen LogP contribution in [0.5, 0.6) is 0 Å². The molecule has 0 saturated carbocycles. The number of hydrogen-bond acceptors (Lipinski definition) is 4. The Bertz CT molecular complexity index is 929. The van der Waals surface area contributed by atoms with Crippen molar-refractivity contribution < 1.29 is 18.4 Å². The van der Waals surface area contributed by atoms with E-state index in [-0.39, 0.29) is 22.4 Å². The summed E-state index contributed by atoms with van der Waals surface area (Å²) in [5.74, 6) is -3.01. The second-order valence-corrected chi connectivity index (χ2v) is 5.80. The van der Waals surface area contributed by atoms with Crippen molar-refractivity contribution in [2.24, 2.45) is 0 Å². The van der Waals surface area contributed by atoms with Crippen LogP contribution in [-0.2, 0) is 0 Å². The molecule has 0 atom stereocenters. The third-order valence-corrected chi connectivity index (χ3v) is 3.93. The molecule has 126 valence electrons. The normalized spacial score (nSPS) is 10.3. The summed E-state index contributed by atoms with van der Waals surface area (Å²) in [4.78, 5) is 28.1. The summed E-state index contributed by atoms with van der Waals surface area (Å²) < 4.78 is 26.0. The zero-order valence-electron chi connectivity index (χ0n) is 12.6. The van der Waals surface area contributed by atoms with E-state index in [1.54, 1.807) is 30.3 Å². The second kappa shape index (κ2) is 7.18. The van der Waals surface area contributed by atoms with Crippen molar-refractivity contribution in [2.75, 3.05) is 10.6 Å². The van der Waals surface area contributed by atoms with Gasteiger partial charge in [0.25, 0.3) is 11.8 Å². The summed E-state index contributed by atoms with van der Waals surface area (Å²) in [5, 5.41) is 6.71. The fraction of sp³-hybridized carbons (Fsp3) is 0. The molecule has 2 amide bonds. The maximum Gasteiger partial charge on any atom is 0.275 e. The van der Waals surface area contributed by atoms with Gasteiger partial charge in [0.05, 0.1) is 0 Å². The molecule has 1 heterocycles. The largest absolute Gasteiger partial charge is 0.321 e. The fourth-order valence-electron chi connectivity index (χ4n) is 1.96. The van der Waals surface area contributed by atoms with Crippen LogP contribution in [0, 0.1) is 11.6 Å². The number of nitrogens with zero attached hydrogens (tertiary/aromatic N) is 1. The van der Waals surface area contributed by atoms with Crippen molar-refractivity contribution in [1.29, 1.82) is 0 Å². The van der Waals surface area contributed by atoms with Crippen molar-refractivity contribution in [3.63, 3.8) is 0 Å². The highest BCUT2D eigenvalue weighted by molar-refractivity contribution is 7.14. The Morgan fingerprint density at radius 2 is 1.68 bits per heavy atom. The Kier molecular flexibility index (Phi) is 4.80. The predicted molar refractivity (Wildman–Crippen MR) is 90.8 cm³/mol. The maximum absolute atomic E-state index is 13.2. The summed E-state index contributed by atoms with van der Waals surface area (Å²) in [6.45, 7) is 0. The van der Waals surface area contributed by atoms with Gasteiger partial charge in [-0.25, -0.2) is 13.8 Å². The van der Waals surface area contributed by atoms with E-state index < -0.39 is 17.5 Å². The number of halogens is 2. The third-order valence-electron chi connectivity index (χ3n) is 3.17. The SMILES string of the molecule is O=C(Nc1nc(C(=O)Nc2ccc(F)c(F)c2)cs1)c1ccccc1. The first-order valence-electron chi connectivity index (χ1n) is 7.11. The summed E-state index contributed by atoms with van der Waals surface area (Å²) in [5.41, 5.74) is 0.621. The van der Waals surface area contributed by atoms with E-state index >= 15 is 0 Å². The first kappa shape index (κ1) is 16.7. The molecule has 3 rings (SSSR count). The standard InChI is InChI=1S/C17H11F2N3O2S/c18-12-7-6-11(8-13(12)19)20-16(24)14-9-25-17(21-14)22-15(23)10-4-2-1-3-5-10/h1-9H,(H,20,24)(H,21,22,23). The number of rotatable bonds is 4. The van der Waals surface area contributed by atoms with Gasteiger partial charge >= 0.3 is 0 Å². The molecule has 0 fully saturated rings. The summed E-state index contributed by atoms with van der Waals surface area (Å²) in [6.07, 6.45) is 0. The van der Waals surface area contributed by atoms with Gasteiger partial charge in [-0.3, -0.25) is 14.9 Å². The van der Waals surface area contributed by atoms with E-state index in [0.29, 0.717) is 5.56 Å². The van der Waals surface area contributed by atoms with Crippen LogP contribution in [0.2, 0.25) is 0 Å². The molecule has 3 aromatic rings. The molecule has 5 nitrogen and oxygen atoms in total. The highest BCUT2D eigenvalue weighted by Crippen LogP contribution is 2.19. The molecular formula is C17H11F2N3O2S. The first-order valence-corrected chi connectivity index (χ1v) is 7.99. The second-order valence-electron chi connectivity index (χ2n) is 4.94. The minimum atomic E-state index is -1.06.